The minimum absolute atomic E-state index is 0.100. The summed E-state index contributed by atoms with van der Waals surface area (Å²) in [4.78, 5) is 5.09. The summed E-state index contributed by atoms with van der Waals surface area (Å²) < 4.78 is 0. The minimum Gasteiger partial charge on any atom is -0.392 e. The number of benzene rings is 1. The summed E-state index contributed by atoms with van der Waals surface area (Å²) in [5.41, 5.74) is 1.44. The predicted octanol–water partition coefficient (Wildman–Crippen LogP) is 1.76. The van der Waals surface area contributed by atoms with Crippen molar-refractivity contribution in [1.82, 2.24) is 9.80 Å². The van der Waals surface area contributed by atoms with E-state index in [2.05, 4.69) is 47.1 Å². The van der Waals surface area contributed by atoms with E-state index in [0.29, 0.717) is 12.1 Å². The van der Waals surface area contributed by atoms with Gasteiger partial charge in [-0.05, 0) is 38.3 Å². The van der Waals surface area contributed by atoms with Crippen LogP contribution in [0.5, 0.6) is 0 Å². The summed E-state index contributed by atoms with van der Waals surface area (Å²) in [6.45, 7) is 6.63. The molecule has 1 aromatic carbocycles. The van der Waals surface area contributed by atoms with Gasteiger partial charge in [0, 0.05) is 31.7 Å². The van der Waals surface area contributed by atoms with Crippen molar-refractivity contribution in [2.24, 2.45) is 0 Å². The molecule has 2 saturated heterocycles. The van der Waals surface area contributed by atoms with Crippen LogP contribution in [0.15, 0.2) is 30.3 Å². The Labute approximate surface area is 122 Å². The molecule has 0 spiro atoms. The fourth-order valence-corrected chi connectivity index (χ4v) is 3.72. The summed E-state index contributed by atoms with van der Waals surface area (Å²) in [5.74, 6) is 0. The molecule has 2 heterocycles. The molecule has 20 heavy (non-hydrogen) atoms. The number of hydrogen-bond donors (Lipinski definition) is 1. The second-order valence-corrected chi connectivity index (χ2v) is 6.43. The molecule has 2 aliphatic heterocycles. The van der Waals surface area contributed by atoms with E-state index in [1.54, 1.807) is 0 Å². The van der Waals surface area contributed by atoms with Gasteiger partial charge in [0.1, 0.15) is 0 Å². The molecule has 0 aliphatic carbocycles. The molecule has 0 saturated carbocycles. The minimum atomic E-state index is -0.100. The van der Waals surface area contributed by atoms with E-state index in [1.165, 1.54) is 24.9 Å². The van der Waals surface area contributed by atoms with Crippen molar-refractivity contribution in [2.45, 2.75) is 44.4 Å². The van der Waals surface area contributed by atoms with E-state index in [0.717, 1.165) is 26.1 Å². The summed E-state index contributed by atoms with van der Waals surface area (Å²) in [7, 11) is 0. The number of nitrogens with zero attached hydrogens (tertiary/aromatic N) is 2. The number of aliphatic hydroxyl groups is 1. The number of rotatable bonds is 4. The van der Waals surface area contributed by atoms with Crippen LogP contribution in [-0.2, 0) is 6.42 Å². The van der Waals surface area contributed by atoms with Gasteiger partial charge in [0.15, 0.2) is 0 Å². The highest BCUT2D eigenvalue weighted by Gasteiger charge is 2.37. The van der Waals surface area contributed by atoms with Crippen molar-refractivity contribution in [3.05, 3.63) is 35.9 Å². The Hall–Kier alpha value is -0.900. The highest BCUT2D eigenvalue weighted by Crippen LogP contribution is 2.25. The Morgan fingerprint density at radius 2 is 1.95 bits per heavy atom. The van der Waals surface area contributed by atoms with E-state index >= 15 is 0 Å². The number of fused-ring (bicyclic) bond motifs is 1. The standard InChI is InChI=1S/C17H26N2O/c1-14-11-19-13-17(20)10-16(19)12-18(14)9-5-8-15-6-3-2-4-7-15/h2-4,6-7,14,16-17,20H,5,8-13H2,1H3/t14-,16+,17-/m1/s1. The number of aliphatic hydroxyl groups excluding tert-OH is 1. The van der Waals surface area contributed by atoms with Crippen LogP contribution in [-0.4, -0.2) is 59.3 Å². The van der Waals surface area contributed by atoms with Crippen LogP contribution < -0.4 is 0 Å². The van der Waals surface area contributed by atoms with Gasteiger partial charge in [0.25, 0.3) is 0 Å². The Morgan fingerprint density at radius 3 is 2.75 bits per heavy atom. The van der Waals surface area contributed by atoms with Crippen molar-refractivity contribution in [1.29, 1.82) is 0 Å². The third-order valence-corrected chi connectivity index (χ3v) is 4.83. The molecular formula is C17H26N2O. The van der Waals surface area contributed by atoms with E-state index < -0.39 is 0 Å². The summed E-state index contributed by atoms with van der Waals surface area (Å²) in [6, 6.07) is 12.0. The van der Waals surface area contributed by atoms with Gasteiger partial charge in [-0.15, -0.1) is 0 Å². The van der Waals surface area contributed by atoms with Crippen molar-refractivity contribution in [2.75, 3.05) is 26.2 Å². The van der Waals surface area contributed by atoms with Crippen LogP contribution in [0.3, 0.4) is 0 Å². The number of hydrogen-bond acceptors (Lipinski definition) is 3. The second kappa shape index (κ2) is 6.25. The van der Waals surface area contributed by atoms with Gasteiger partial charge >= 0.3 is 0 Å². The number of aryl methyl sites for hydroxylation is 1. The lowest BCUT2D eigenvalue weighted by Gasteiger charge is -2.42. The van der Waals surface area contributed by atoms with Crippen LogP contribution in [0, 0.1) is 0 Å². The molecule has 0 amide bonds. The molecule has 1 aromatic rings. The average Bonchev–Trinajstić information content (AvgIpc) is 2.79. The average molecular weight is 274 g/mol. The van der Waals surface area contributed by atoms with Gasteiger partial charge in [-0.25, -0.2) is 0 Å². The molecule has 3 rings (SSSR count). The zero-order valence-electron chi connectivity index (χ0n) is 12.4. The quantitative estimate of drug-likeness (QED) is 0.906. The molecule has 3 nitrogen and oxygen atoms in total. The van der Waals surface area contributed by atoms with E-state index in [9.17, 15) is 5.11 Å². The van der Waals surface area contributed by atoms with Crippen LogP contribution in [0.25, 0.3) is 0 Å². The predicted molar refractivity (Wildman–Crippen MR) is 81.8 cm³/mol. The largest absolute Gasteiger partial charge is 0.392 e. The van der Waals surface area contributed by atoms with Gasteiger partial charge in [0.2, 0.25) is 0 Å². The Kier molecular flexibility index (Phi) is 4.39. The van der Waals surface area contributed by atoms with Crippen molar-refractivity contribution in [3.63, 3.8) is 0 Å². The van der Waals surface area contributed by atoms with Crippen molar-refractivity contribution in [3.8, 4) is 0 Å². The van der Waals surface area contributed by atoms with E-state index in [1.807, 2.05) is 0 Å². The molecule has 2 fully saturated rings. The summed E-state index contributed by atoms with van der Waals surface area (Å²) in [6.07, 6.45) is 3.25. The lowest BCUT2D eigenvalue weighted by molar-refractivity contribution is 0.0576. The highest BCUT2D eigenvalue weighted by atomic mass is 16.3. The molecule has 3 heteroatoms. The first kappa shape index (κ1) is 14.1. The maximum absolute atomic E-state index is 9.80. The maximum atomic E-state index is 9.80. The molecule has 0 radical (unpaired) electrons. The third kappa shape index (κ3) is 3.22. The Balaban J connectivity index is 1.48. The van der Waals surface area contributed by atoms with Crippen LogP contribution in [0.2, 0.25) is 0 Å². The van der Waals surface area contributed by atoms with Crippen LogP contribution >= 0.6 is 0 Å². The number of piperazine rings is 1. The molecule has 0 unspecified atom stereocenters. The zero-order valence-corrected chi connectivity index (χ0v) is 12.4. The first-order valence-electron chi connectivity index (χ1n) is 7.92. The lowest BCUT2D eigenvalue weighted by Crippen LogP contribution is -2.55. The zero-order chi connectivity index (χ0) is 13.9. The van der Waals surface area contributed by atoms with E-state index in [-0.39, 0.29) is 6.10 Å². The molecular weight excluding hydrogens is 248 g/mol. The molecule has 1 N–H and O–H groups in total. The van der Waals surface area contributed by atoms with Crippen molar-refractivity contribution < 1.29 is 5.11 Å². The summed E-state index contributed by atoms with van der Waals surface area (Å²) in [5, 5.41) is 9.80. The molecule has 0 aromatic heterocycles. The smallest absolute Gasteiger partial charge is 0.0682 e. The second-order valence-electron chi connectivity index (χ2n) is 6.43. The van der Waals surface area contributed by atoms with Crippen molar-refractivity contribution >= 4 is 0 Å². The van der Waals surface area contributed by atoms with E-state index in [4.69, 9.17) is 0 Å². The van der Waals surface area contributed by atoms with Gasteiger partial charge in [-0.2, -0.15) is 0 Å². The van der Waals surface area contributed by atoms with Gasteiger partial charge in [-0.3, -0.25) is 9.80 Å². The van der Waals surface area contributed by atoms with Gasteiger partial charge in [0.05, 0.1) is 6.10 Å². The maximum Gasteiger partial charge on any atom is 0.0682 e. The normalized spacial score (nSPS) is 31.4. The van der Waals surface area contributed by atoms with Gasteiger partial charge in [-0.1, -0.05) is 30.3 Å². The monoisotopic (exact) mass is 274 g/mol. The van der Waals surface area contributed by atoms with Gasteiger partial charge < -0.3 is 5.11 Å². The van der Waals surface area contributed by atoms with Crippen LogP contribution in [0.1, 0.15) is 25.3 Å². The molecule has 3 atom stereocenters. The first-order valence-corrected chi connectivity index (χ1v) is 7.92. The highest BCUT2D eigenvalue weighted by molar-refractivity contribution is 5.14. The SMILES string of the molecule is C[C@@H]1CN2C[C@H](O)C[C@H]2CN1CCCc1ccccc1. The topological polar surface area (TPSA) is 26.7 Å². The fraction of sp³-hybridized carbons (Fsp3) is 0.647. The Bertz CT molecular complexity index is 422. The third-order valence-electron chi connectivity index (χ3n) is 4.83. The molecule has 0 bridgehead atoms. The lowest BCUT2D eigenvalue weighted by atomic mass is 10.1. The summed E-state index contributed by atoms with van der Waals surface area (Å²) >= 11 is 0. The Morgan fingerprint density at radius 1 is 1.15 bits per heavy atom. The fourth-order valence-electron chi connectivity index (χ4n) is 3.72. The molecule has 110 valence electrons. The van der Waals surface area contributed by atoms with Crippen LogP contribution in [0.4, 0.5) is 0 Å². The molecule has 2 aliphatic rings. The first-order chi connectivity index (χ1) is 9.72.